The highest BCUT2D eigenvalue weighted by molar-refractivity contribution is 5.95. The average molecular weight is 378 g/mol. The van der Waals surface area contributed by atoms with Gasteiger partial charge in [0, 0.05) is 30.4 Å². The second-order valence-electron chi connectivity index (χ2n) is 6.78. The Morgan fingerprint density at radius 1 is 1.14 bits per heavy atom. The molecule has 0 saturated carbocycles. The van der Waals surface area contributed by atoms with Crippen molar-refractivity contribution in [3.8, 4) is 5.75 Å². The van der Waals surface area contributed by atoms with Gasteiger partial charge >= 0.3 is 0 Å². The molecule has 5 heteroatoms. The summed E-state index contributed by atoms with van der Waals surface area (Å²) in [6, 6.07) is 17.0. The van der Waals surface area contributed by atoms with Crippen molar-refractivity contribution >= 4 is 23.6 Å². The largest absolute Gasteiger partial charge is 0.493 e. The van der Waals surface area contributed by atoms with Crippen molar-refractivity contribution in [1.82, 2.24) is 4.90 Å². The van der Waals surface area contributed by atoms with Crippen molar-refractivity contribution in [2.24, 2.45) is 5.92 Å². The van der Waals surface area contributed by atoms with Gasteiger partial charge in [-0.2, -0.15) is 0 Å². The van der Waals surface area contributed by atoms with E-state index in [0.717, 1.165) is 29.8 Å². The SMILES string of the molecule is CCOc1ccccc1C=CC(=O)N1CCCC(C(=O)Nc2ccccc2)C1. The minimum Gasteiger partial charge on any atom is -0.493 e. The molecule has 1 saturated heterocycles. The number of benzene rings is 2. The Balaban J connectivity index is 1.60. The number of carbonyl (C=O) groups is 2. The number of nitrogens with one attached hydrogen (secondary N) is 1. The number of para-hydroxylation sites is 2. The van der Waals surface area contributed by atoms with Crippen molar-refractivity contribution < 1.29 is 14.3 Å². The van der Waals surface area contributed by atoms with Crippen LogP contribution in [-0.4, -0.2) is 36.4 Å². The molecule has 1 atom stereocenters. The molecule has 1 fully saturated rings. The van der Waals surface area contributed by atoms with E-state index in [-0.39, 0.29) is 17.7 Å². The molecule has 1 aliphatic rings. The standard InChI is InChI=1S/C23H26N2O3/c1-2-28-21-13-7-6-9-18(21)14-15-22(26)25-16-8-10-19(17-25)23(27)24-20-11-4-3-5-12-20/h3-7,9,11-15,19H,2,8,10,16-17H2,1H3,(H,24,27). The highest BCUT2D eigenvalue weighted by atomic mass is 16.5. The quantitative estimate of drug-likeness (QED) is 0.774. The lowest BCUT2D eigenvalue weighted by Crippen LogP contribution is -2.43. The Morgan fingerprint density at radius 2 is 1.89 bits per heavy atom. The van der Waals surface area contributed by atoms with E-state index < -0.39 is 0 Å². The van der Waals surface area contributed by atoms with Gasteiger partial charge in [0.05, 0.1) is 12.5 Å². The maximum atomic E-state index is 12.6. The van der Waals surface area contributed by atoms with Crippen LogP contribution in [0.1, 0.15) is 25.3 Å². The molecule has 0 radical (unpaired) electrons. The molecule has 2 aromatic carbocycles. The second kappa shape index (κ2) is 9.74. The fraction of sp³-hybridized carbons (Fsp3) is 0.304. The first kappa shape index (κ1) is 19.7. The number of rotatable bonds is 6. The van der Waals surface area contributed by atoms with Crippen LogP contribution in [0.25, 0.3) is 6.08 Å². The van der Waals surface area contributed by atoms with E-state index in [2.05, 4.69) is 5.32 Å². The molecule has 0 aromatic heterocycles. The predicted molar refractivity (Wildman–Crippen MR) is 111 cm³/mol. The Hall–Kier alpha value is -3.08. The summed E-state index contributed by atoms with van der Waals surface area (Å²) in [5, 5.41) is 2.94. The molecule has 0 spiro atoms. The zero-order chi connectivity index (χ0) is 19.8. The fourth-order valence-electron chi connectivity index (χ4n) is 3.33. The van der Waals surface area contributed by atoms with Crippen LogP contribution in [0.2, 0.25) is 0 Å². The highest BCUT2D eigenvalue weighted by Gasteiger charge is 2.27. The van der Waals surface area contributed by atoms with Gasteiger partial charge in [0.1, 0.15) is 5.75 Å². The zero-order valence-electron chi connectivity index (χ0n) is 16.1. The lowest BCUT2D eigenvalue weighted by atomic mass is 9.97. The van der Waals surface area contributed by atoms with Crippen LogP contribution < -0.4 is 10.1 Å². The van der Waals surface area contributed by atoms with E-state index in [9.17, 15) is 9.59 Å². The van der Waals surface area contributed by atoms with Gasteiger partial charge in [-0.05, 0) is 44.0 Å². The van der Waals surface area contributed by atoms with Crippen LogP contribution in [-0.2, 0) is 9.59 Å². The summed E-state index contributed by atoms with van der Waals surface area (Å²) >= 11 is 0. The number of hydrogen-bond donors (Lipinski definition) is 1. The molecule has 1 aliphatic heterocycles. The van der Waals surface area contributed by atoms with Crippen LogP contribution in [0.5, 0.6) is 5.75 Å². The molecule has 1 unspecified atom stereocenters. The van der Waals surface area contributed by atoms with Gasteiger partial charge in [-0.3, -0.25) is 9.59 Å². The van der Waals surface area contributed by atoms with E-state index in [4.69, 9.17) is 4.74 Å². The molecule has 2 amide bonds. The summed E-state index contributed by atoms with van der Waals surface area (Å²) in [5.41, 5.74) is 1.65. The summed E-state index contributed by atoms with van der Waals surface area (Å²) in [7, 11) is 0. The van der Waals surface area contributed by atoms with Gasteiger partial charge in [0.15, 0.2) is 0 Å². The van der Waals surface area contributed by atoms with Gasteiger partial charge in [0.25, 0.3) is 0 Å². The summed E-state index contributed by atoms with van der Waals surface area (Å²) < 4.78 is 5.59. The molecular weight excluding hydrogens is 352 g/mol. The number of ether oxygens (including phenoxy) is 1. The Bertz CT molecular complexity index is 833. The van der Waals surface area contributed by atoms with E-state index in [1.54, 1.807) is 17.1 Å². The number of amides is 2. The van der Waals surface area contributed by atoms with E-state index >= 15 is 0 Å². The monoisotopic (exact) mass is 378 g/mol. The van der Waals surface area contributed by atoms with Crippen molar-refractivity contribution in [3.05, 3.63) is 66.2 Å². The van der Waals surface area contributed by atoms with Crippen molar-refractivity contribution in [2.75, 3.05) is 25.0 Å². The predicted octanol–water partition coefficient (Wildman–Crippen LogP) is 3.98. The van der Waals surface area contributed by atoms with Crippen LogP contribution in [0, 0.1) is 5.92 Å². The first-order chi connectivity index (χ1) is 13.7. The van der Waals surface area contributed by atoms with Crippen LogP contribution >= 0.6 is 0 Å². The molecule has 1 heterocycles. The molecule has 0 aliphatic carbocycles. The lowest BCUT2D eigenvalue weighted by molar-refractivity contribution is -0.130. The van der Waals surface area contributed by atoms with Gasteiger partial charge in [-0.1, -0.05) is 36.4 Å². The third-order valence-corrected chi connectivity index (χ3v) is 4.77. The number of anilines is 1. The molecule has 5 nitrogen and oxygen atoms in total. The molecule has 146 valence electrons. The normalized spacial score (nSPS) is 16.8. The lowest BCUT2D eigenvalue weighted by Gasteiger charge is -2.31. The maximum absolute atomic E-state index is 12.6. The molecule has 28 heavy (non-hydrogen) atoms. The molecule has 3 rings (SSSR count). The Morgan fingerprint density at radius 3 is 2.68 bits per heavy atom. The number of hydrogen-bond acceptors (Lipinski definition) is 3. The molecule has 2 aromatic rings. The van der Waals surface area contributed by atoms with E-state index in [1.807, 2.05) is 61.5 Å². The summed E-state index contributed by atoms with van der Waals surface area (Å²) in [4.78, 5) is 26.9. The third kappa shape index (κ3) is 5.22. The smallest absolute Gasteiger partial charge is 0.246 e. The van der Waals surface area contributed by atoms with Crippen LogP contribution in [0.4, 0.5) is 5.69 Å². The number of nitrogens with zero attached hydrogens (tertiary/aromatic N) is 1. The summed E-state index contributed by atoms with van der Waals surface area (Å²) in [5.74, 6) is 0.452. The number of carbonyl (C=O) groups excluding carboxylic acids is 2. The van der Waals surface area contributed by atoms with Gasteiger partial charge in [-0.25, -0.2) is 0 Å². The Labute approximate surface area is 166 Å². The van der Waals surface area contributed by atoms with E-state index in [1.165, 1.54) is 0 Å². The minimum atomic E-state index is -0.193. The first-order valence-electron chi connectivity index (χ1n) is 9.72. The first-order valence-corrected chi connectivity index (χ1v) is 9.72. The Kier molecular flexibility index (Phi) is 6.84. The third-order valence-electron chi connectivity index (χ3n) is 4.77. The van der Waals surface area contributed by atoms with Gasteiger partial charge < -0.3 is 15.0 Å². The topological polar surface area (TPSA) is 58.6 Å². The van der Waals surface area contributed by atoms with E-state index in [0.29, 0.717) is 19.7 Å². The van der Waals surface area contributed by atoms with Crippen molar-refractivity contribution in [3.63, 3.8) is 0 Å². The van der Waals surface area contributed by atoms with Crippen molar-refractivity contribution in [1.29, 1.82) is 0 Å². The molecular formula is C23H26N2O3. The number of likely N-dealkylation sites (tertiary alicyclic amines) is 1. The average Bonchev–Trinajstić information content (AvgIpc) is 2.74. The zero-order valence-corrected chi connectivity index (χ0v) is 16.1. The maximum Gasteiger partial charge on any atom is 0.246 e. The second-order valence-corrected chi connectivity index (χ2v) is 6.78. The van der Waals surface area contributed by atoms with Crippen LogP contribution in [0.15, 0.2) is 60.7 Å². The minimum absolute atomic E-state index is 0.0330. The van der Waals surface area contributed by atoms with Gasteiger partial charge in [-0.15, -0.1) is 0 Å². The van der Waals surface area contributed by atoms with Crippen LogP contribution in [0.3, 0.4) is 0 Å². The summed E-state index contributed by atoms with van der Waals surface area (Å²) in [6.45, 7) is 3.61. The fourth-order valence-corrected chi connectivity index (χ4v) is 3.33. The van der Waals surface area contributed by atoms with Crippen molar-refractivity contribution in [2.45, 2.75) is 19.8 Å². The number of piperidine rings is 1. The molecule has 1 N–H and O–H groups in total. The molecule has 0 bridgehead atoms. The van der Waals surface area contributed by atoms with Gasteiger partial charge in [0.2, 0.25) is 11.8 Å². The summed E-state index contributed by atoms with van der Waals surface area (Å²) in [6.07, 6.45) is 4.96. The highest BCUT2D eigenvalue weighted by Crippen LogP contribution is 2.21.